The first-order valence-corrected chi connectivity index (χ1v) is 9.94. The molecule has 4 aromatic rings. The molecule has 0 aliphatic rings. The molecule has 0 saturated heterocycles. The van der Waals surface area contributed by atoms with E-state index in [9.17, 15) is 5.11 Å². The largest absolute Gasteiger partial charge is 0.507 e. The van der Waals surface area contributed by atoms with Gasteiger partial charge in [0.25, 0.3) is 0 Å². The number of aromatic nitrogens is 2. The lowest BCUT2D eigenvalue weighted by Crippen LogP contribution is -2.00. The molecule has 0 fully saturated rings. The van der Waals surface area contributed by atoms with Crippen molar-refractivity contribution in [1.29, 1.82) is 0 Å². The van der Waals surface area contributed by atoms with Crippen LogP contribution in [0.3, 0.4) is 0 Å². The minimum absolute atomic E-state index is 0.00404. The molecule has 30 heavy (non-hydrogen) atoms. The number of nitrogens with two attached hydrogens (primary N) is 1. The number of ether oxygens (including phenoxy) is 2. The molecular formula is C23H18BrN3O3. The molecule has 0 aliphatic heterocycles. The number of nitrogen functional groups attached to an aromatic ring is 1. The molecule has 0 unspecified atom stereocenters. The van der Waals surface area contributed by atoms with E-state index in [4.69, 9.17) is 15.2 Å². The summed E-state index contributed by atoms with van der Waals surface area (Å²) in [5, 5.41) is 10.6. The van der Waals surface area contributed by atoms with Crippen LogP contribution in [-0.2, 0) is 6.61 Å². The number of phenolic OH excluding ortho intramolecular Hbond substituents is 1. The number of aromatic hydroxyl groups is 1. The second-order valence-electron chi connectivity index (χ2n) is 6.43. The molecule has 3 N–H and O–H groups in total. The van der Waals surface area contributed by atoms with Crippen LogP contribution in [0.25, 0.3) is 11.3 Å². The van der Waals surface area contributed by atoms with E-state index in [1.54, 1.807) is 18.2 Å². The Morgan fingerprint density at radius 2 is 1.70 bits per heavy atom. The van der Waals surface area contributed by atoms with Crippen molar-refractivity contribution < 1.29 is 14.6 Å². The third-order valence-electron chi connectivity index (χ3n) is 4.30. The molecule has 0 amide bonds. The number of nitrogens with zero attached hydrogens (tertiary/aromatic N) is 2. The molecule has 1 heterocycles. The topological polar surface area (TPSA) is 90.5 Å². The van der Waals surface area contributed by atoms with Gasteiger partial charge >= 0.3 is 0 Å². The number of hydrogen-bond acceptors (Lipinski definition) is 6. The highest BCUT2D eigenvalue weighted by Crippen LogP contribution is 2.39. The number of para-hydroxylation sites is 1. The molecule has 0 saturated carbocycles. The van der Waals surface area contributed by atoms with Crippen molar-refractivity contribution in [3.63, 3.8) is 0 Å². The van der Waals surface area contributed by atoms with Gasteiger partial charge in [-0.25, -0.2) is 9.97 Å². The lowest BCUT2D eigenvalue weighted by molar-refractivity contribution is 0.304. The summed E-state index contributed by atoms with van der Waals surface area (Å²) in [5.41, 5.74) is 7.66. The Morgan fingerprint density at radius 3 is 2.47 bits per heavy atom. The number of halogens is 1. The lowest BCUT2D eigenvalue weighted by atomic mass is 10.1. The Balaban J connectivity index is 1.62. The van der Waals surface area contributed by atoms with Gasteiger partial charge in [-0.15, -0.1) is 0 Å². The van der Waals surface area contributed by atoms with Gasteiger partial charge < -0.3 is 20.3 Å². The highest BCUT2D eigenvalue weighted by atomic mass is 79.9. The molecule has 0 atom stereocenters. The van der Waals surface area contributed by atoms with Gasteiger partial charge in [0.2, 0.25) is 5.95 Å². The molecule has 150 valence electrons. The van der Waals surface area contributed by atoms with E-state index in [0.29, 0.717) is 35.1 Å². The van der Waals surface area contributed by atoms with Crippen molar-refractivity contribution in [2.45, 2.75) is 6.61 Å². The summed E-state index contributed by atoms with van der Waals surface area (Å²) in [5.74, 6) is 1.57. The average molecular weight is 464 g/mol. The molecule has 7 heteroatoms. The van der Waals surface area contributed by atoms with Gasteiger partial charge in [0.15, 0.2) is 5.75 Å². The fourth-order valence-corrected chi connectivity index (χ4v) is 3.21. The van der Waals surface area contributed by atoms with Gasteiger partial charge in [-0.1, -0.05) is 42.5 Å². The molecule has 0 radical (unpaired) electrons. The zero-order chi connectivity index (χ0) is 20.9. The third-order valence-corrected chi connectivity index (χ3v) is 4.96. The molecular weight excluding hydrogens is 446 g/mol. The van der Waals surface area contributed by atoms with Crippen molar-refractivity contribution in [2.24, 2.45) is 0 Å². The Hall–Kier alpha value is -3.58. The fraction of sp³-hybridized carbons (Fsp3) is 0.0435. The molecule has 6 nitrogen and oxygen atoms in total. The van der Waals surface area contributed by atoms with Crippen LogP contribution in [0.5, 0.6) is 23.0 Å². The minimum Gasteiger partial charge on any atom is -0.507 e. The Bertz CT molecular complexity index is 1170. The van der Waals surface area contributed by atoms with Gasteiger partial charge in [0.1, 0.15) is 29.5 Å². The zero-order valence-corrected chi connectivity index (χ0v) is 17.4. The van der Waals surface area contributed by atoms with Crippen LogP contribution in [0.1, 0.15) is 5.56 Å². The average Bonchev–Trinajstić information content (AvgIpc) is 2.76. The summed E-state index contributed by atoms with van der Waals surface area (Å²) in [6.45, 7) is 0.399. The van der Waals surface area contributed by atoms with Gasteiger partial charge in [0.05, 0.1) is 10.7 Å². The van der Waals surface area contributed by atoms with Crippen LogP contribution in [0.4, 0.5) is 5.95 Å². The van der Waals surface area contributed by atoms with E-state index in [1.165, 1.54) is 6.20 Å². The van der Waals surface area contributed by atoms with Crippen LogP contribution in [0.2, 0.25) is 0 Å². The summed E-state index contributed by atoms with van der Waals surface area (Å²) >= 11 is 3.45. The van der Waals surface area contributed by atoms with Crippen molar-refractivity contribution in [3.8, 4) is 34.3 Å². The van der Waals surface area contributed by atoms with E-state index in [1.807, 2.05) is 54.6 Å². The van der Waals surface area contributed by atoms with Crippen LogP contribution < -0.4 is 15.2 Å². The third kappa shape index (κ3) is 4.52. The SMILES string of the molecule is Nc1ncc(Oc2ccccc2Br)c(-c2ccc(OCc3ccccc3)cc2O)n1. The molecule has 1 aromatic heterocycles. The van der Waals surface area contributed by atoms with E-state index >= 15 is 0 Å². The molecule has 3 aromatic carbocycles. The van der Waals surface area contributed by atoms with E-state index in [2.05, 4.69) is 25.9 Å². The number of anilines is 1. The van der Waals surface area contributed by atoms with Crippen molar-refractivity contribution in [2.75, 3.05) is 5.73 Å². The summed E-state index contributed by atoms with van der Waals surface area (Å²) in [6, 6.07) is 22.2. The summed E-state index contributed by atoms with van der Waals surface area (Å²) in [6.07, 6.45) is 1.48. The normalized spacial score (nSPS) is 10.6. The van der Waals surface area contributed by atoms with E-state index in [-0.39, 0.29) is 11.7 Å². The maximum absolute atomic E-state index is 10.6. The van der Waals surface area contributed by atoms with Crippen molar-refractivity contribution in [1.82, 2.24) is 9.97 Å². The zero-order valence-electron chi connectivity index (χ0n) is 15.8. The second kappa shape index (κ2) is 8.84. The highest BCUT2D eigenvalue weighted by Gasteiger charge is 2.16. The number of hydrogen-bond donors (Lipinski definition) is 2. The first-order chi connectivity index (χ1) is 14.6. The first kappa shape index (κ1) is 19.7. The van der Waals surface area contributed by atoms with Gasteiger partial charge in [-0.2, -0.15) is 0 Å². The number of rotatable bonds is 6. The maximum Gasteiger partial charge on any atom is 0.220 e. The molecule has 4 rings (SSSR count). The highest BCUT2D eigenvalue weighted by molar-refractivity contribution is 9.10. The van der Waals surface area contributed by atoms with Crippen LogP contribution in [-0.4, -0.2) is 15.1 Å². The standard InChI is InChI=1S/C23H18BrN3O3/c24-18-8-4-5-9-20(18)30-21-13-26-23(25)27-22(21)17-11-10-16(12-19(17)28)29-14-15-6-2-1-3-7-15/h1-13,28H,14H2,(H2,25,26,27). The number of phenols is 1. The van der Waals surface area contributed by atoms with Crippen molar-refractivity contribution in [3.05, 3.63) is 89.0 Å². The van der Waals surface area contributed by atoms with Gasteiger partial charge in [-0.05, 0) is 45.8 Å². The monoisotopic (exact) mass is 463 g/mol. The molecule has 0 aliphatic carbocycles. The minimum atomic E-state index is -0.00404. The van der Waals surface area contributed by atoms with E-state index in [0.717, 1.165) is 10.0 Å². The second-order valence-corrected chi connectivity index (χ2v) is 7.28. The Kier molecular flexibility index (Phi) is 5.81. The summed E-state index contributed by atoms with van der Waals surface area (Å²) in [7, 11) is 0. The predicted molar refractivity (Wildman–Crippen MR) is 119 cm³/mol. The van der Waals surface area contributed by atoms with Crippen LogP contribution in [0, 0.1) is 0 Å². The lowest BCUT2D eigenvalue weighted by Gasteiger charge is -2.13. The first-order valence-electron chi connectivity index (χ1n) is 9.15. The van der Waals surface area contributed by atoms with Crippen LogP contribution >= 0.6 is 15.9 Å². The molecule has 0 bridgehead atoms. The van der Waals surface area contributed by atoms with Crippen molar-refractivity contribution >= 4 is 21.9 Å². The van der Waals surface area contributed by atoms with Gasteiger partial charge in [-0.3, -0.25) is 0 Å². The molecule has 0 spiro atoms. The quantitative estimate of drug-likeness (QED) is 0.388. The number of benzene rings is 3. The Morgan fingerprint density at radius 1 is 0.933 bits per heavy atom. The maximum atomic E-state index is 10.6. The van der Waals surface area contributed by atoms with Crippen LogP contribution in [0.15, 0.2) is 83.5 Å². The smallest absolute Gasteiger partial charge is 0.220 e. The summed E-state index contributed by atoms with van der Waals surface area (Å²) < 4.78 is 12.5. The fourth-order valence-electron chi connectivity index (χ4n) is 2.84. The van der Waals surface area contributed by atoms with E-state index < -0.39 is 0 Å². The summed E-state index contributed by atoms with van der Waals surface area (Å²) in [4.78, 5) is 8.30. The Labute approximate surface area is 182 Å². The van der Waals surface area contributed by atoms with Gasteiger partial charge in [0, 0.05) is 11.6 Å². The predicted octanol–water partition coefficient (Wildman–Crippen LogP) is 5.57.